The third-order valence-corrected chi connectivity index (χ3v) is 3.73. The number of carbonyl (C=O) groups excluding carboxylic acids is 1. The molecule has 94 valence electrons. The normalized spacial score (nSPS) is 24.8. The van der Waals surface area contributed by atoms with E-state index in [2.05, 4.69) is 31.4 Å². The van der Waals surface area contributed by atoms with Gasteiger partial charge in [0.25, 0.3) is 0 Å². The van der Waals surface area contributed by atoms with Crippen molar-refractivity contribution in [1.29, 1.82) is 0 Å². The molecule has 3 nitrogen and oxygen atoms in total. The van der Waals surface area contributed by atoms with E-state index >= 15 is 0 Å². The van der Waals surface area contributed by atoms with Crippen molar-refractivity contribution in [2.45, 2.75) is 65.0 Å². The summed E-state index contributed by atoms with van der Waals surface area (Å²) in [5.41, 5.74) is 0. The van der Waals surface area contributed by atoms with Crippen molar-refractivity contribution in [2.24, 2.45) is 5.92 Å². The van der Waals surface area contributed by atoms with Crippen molar-refractivity contribution in [1.82, 2.24) is 10.6 Å². The second-order valence-corrected chi connectivity index (χ2v) is 5.09. The van der Waals surface area contributed by atoms with Gasteiger partial charge in [-0.05, 0) is 32.2 Å². The maximum atomic E-state index is 11.8. The molecule has 0 bridgehead atoms. The monoisotopic (exact) mass is 226 g/mol. The van der Waals surface area contributed by atoms with Crippen LogP contribution in [0.15, 0.2) is 0 Å². The molecule has 0 aromatic heterocycles. The number of hydrogen-bond acceptors (Lipinski definition) is 2. The first-order valence-electron chi connectivity index (χ1n) is 6.66. The molecule has 1 saturated heterocycles. The van der Waals surface area contributed by atoms with Crippen LogP contribution < -0.4 is 10.6 Å². The molecule has 1 amide bonds. The minimum absolute atomic E-state index is 0.201. The Bertz CT molecular complexity index is 206. The molecule has 0 aromatic carbocycles. The highest BCUT2D eigenvalue weighted by Crippen LogP contribution is 2.11. The minimum Gasteiger partial charge on any atom is -0.353 e. The lowest BCUT2D eigenvalue weighted by Gasteiger charge is -2.25. The lowest BCUT2D eigenvalue weighted by atomic mass is 9.99. The quantitative estimate of drug-likeness (QED) is 0.753. The average Bonchev–Trinajstić information content (AvgIpc) is 2.29. The van der Waals surface area contributed by atoms with Crippen molar-refractivity contribution in [3.63, 3.8) is 0 Å². The van der Waals surface area contributed by atoms with E-state index in [-0.39, 0.29) is 5.91 Å². The summed E-state index contributed by atoms with van der Waals surface area (Å²) in [4.78, 5) is 11.8. The van der Waals surface area contributed by atoms with Gasteiger partial charge in [0.1, 0.15) is 0 Å². The lowest BCUT2D eigenvalue weighted by molar-refractivity contribution is -0.122. The molecular formula is C13H26N2O. The molecule has 0 aliphatic carbocycles. The number of carbonyl (C=O) groups is 1. The lowest BCUT2D eigenvalue weighted by Crippen LogP contribution is -2.42. The van der Waals surface area contributed by atoms with Crippen molar-refractivity contribution >= 4 is 5.91 Å². The van der Waals surface area contributed by atoms with E-state index in [1.54, 1.807) is 0 Å². The van der Waals surface area contributed by atoms with E-state index in [0.29, 0.717) is 24.4 Å². The molecule has 3 atom stereocenters. The van der Waals surface area contributed by atoms with Crippen LogP contribution >= 0.6 is 0 Å². The summed E-state index contributed by atoms with van der Waals surface area (Å²) in [6, 6.07) is 0.693. The number of amides is 1. The van der Waals surface area contributed by atoms with Gasteiger partial charge in [-0.3, -0.25) is 4.79 Å². The SMILES string of the molecule is CCC(C)C(C)NC(=O)CC1CCCCN1. The zero-order chi connectivity index (χ0) is 12.0. The number of hydrogen-bond donors (Lipinski definition) is 2. The van der Waals surface area contributed by atoms with Gasteiger partial charge < -0.3 is 10.6 Å². The molecular weight excluding hydrogens is 200 g/mol. The Kier molecular flexibility index (Phi) is 5.81. The van der Waals surface area contributed by atoms with Crippen LogP contribution in [0.25, 0.3) is 0 Å². The Morgan fingerprint density at radius 3 is 2.75 bits per heavy atom. The maximum Gasteiger partial charge on any atom is 0.221 e. The fraction of sp³-hybridized carbons (Fsp3) is 0.923. The average molecular weight is 226 g/mol. The fourth-order valence-electron chi connectivity index (χ4n) is 2.13. The summed E-state index contributed by atoms with van der Waals surface area (Å²) in [6.07, 6.45) is 5.41. The van der Waals surface area contributed by atoms with Crippen molar-refractivity contribution in [2.75, 3.05) is 6.54 Å². The number of nitrogens with one attached hydrogen (secondary N) is 2. The van der Waals surface area contributed by atoms with Crippen LogP contribution in [0.3, 0.4) is 0 Å². The Balaban J connectivity index is 2.23. The molecule has 3 unspecified atom stereocenters. The second kappa shape index (κ2) is 6.89. The molecule has 3 heteroatoms. The van der Waals surface area contributed by atoms with Crippen LogP contribution in [-0.4, -0.2) is 24.5 Å². The first-order valence-corrected chi connectivity index (χ1v) is 6.66. The highest BCUT2D eigenvalue weighted by Gasteiger charge is 2.18. The van der Waals surface area contributed by atoms with Crippen LogP contribution in [0.4, 0.5) is 0 Å². The summed E-state index contributed by atoms with van der Waals surface area (Å²) in [5.74, 6) is 0.760. The third-order valence-electron chi connectivity index (χ3n) is 3.73. The summed E-state index contributed by atoms with van der Waals surface area (Å²) >= 11 is 0. The molecule has 0 aromatic rings. The Labute approximate surface area is 99.4 Å². The van der Waals surface area contributed by atoms with Gasteiger partial charge >= 0.3 is 0 Å². The fourth-order valence-corrected chi connectivity index (χ4v) is 2.13. The Morgan fingerprint density at radius 2 is 2.19 bits per heavy atom. The maximum absolute atomic E-state index is 11.8. The van der Waals surface area contributed by atoms with E-state index in [1.165, 1.54) is 12.8 Å². The predicted molar refractivity (Wildman–Crippen MR) is 67.3 cm³/mol. The minimum atomic E-state index is 0.201. The molecule has 1 fully saturated rings. The van der Waals surface area contributed by atoms with Gasteiger partial charge in [-0.25, -0.2) is 0 Å². The largest absolute Gasteiger partial charge is 0.353 e. The van der Waals surface area contributed by atoms with Crippen LogP contribution in [-0.2, 0) is 4.79 Å². The summed E-state index contributed by atoms with van der Waals surface area (Å²) < 4.78 is 0. The first kappa shape index (κ1) is 13.5. The smallest absolute Gasteiger partial charge is 0.221 e. The molecule has 2 N–H and O–H groups in total. The molecule has 16 heavy (non-hydrogen) atoms. The van der Waals surface area contributed by atoms with E-state index in [9.17, 15) is 4.79 Å². The van der Waals surface area contributed by atoms with Gasteiger partial charge in [0.2, 0.25) is 5.91 Å². The van der Waals surface area contributed by atoms with Crippen LogP contribution in [0.1, 0.15) is 52.9 Å². The summed E-state index contributed by atoms with van der Waals surface area (Å²) in [7, 11) is 0. The second-order valence-electron chi connectivity index (χ2n) is 5.09. The molecule has 0 spiro atoms. The van der Waals surface area contributed by atoms with Crippen molar-refractivity contribution in [3.05, 3.63) is 0 Å². The van der Waals surface area contributed by atoms with Gasteiger partial charge in [-0.2, -0.15) is 0 Å². The van der Waals surface area contributed by atoms with Crippen LogP contribution in [0, 0.1) is 5.92 Å². The predicted octanol–water partition coefficient (Wildman–Crippen LogP) is 2.07. The highest BCUT2D eigenvalue weighted by atomic mass is 16.1. The van der Waals surface area contributed by atoms with Crippen LogP contribution in [0.5, 0.6) is 0 Å². The molecule has 1 rings (SSSR count). The summed E-state index contributed by atoms with van der Waals surface area (Å²) in [5, 5.41) is 6.50. The molecule has 1 heterocycles. The highest BCUT2D eigenvalue weighted by molar-refractivity contribution is 5.76. The Morgan fingerprint density at radius 1 is 1.44 bits per heavy atom. The van der Waals surface area contributed by atoms with Gasteiger partial charge in [0.15, 0.2) is 0 Å². The zero-order valence-corrected chi connectivity index (χ0v) is 10.9. The number of piperidine rings is 1. The van der Waals surface area contributed by atoms with E-state index < -0.39 is 0 Å². The molecule has 0 saturated carbocycles. The van der Waals surface area contributed by atoms with E-state index in [4.69, 9.17) is 0 Å². The molecule has 1 aliphatic heterocycles. The van der Waals surface area contributed by atoms with Gasteiger partial charge in [0, 0.05) is 18.5 Å². The molecule has 0 radical (unpaired) electrons. The zero-order valence-electron chi connectivity index (χ0n) is 10.9. The van der Waals surface area contributed by atoms with Crippen molar-refractivity contribution in [3.8, 4) is 0 Å². The standard InChI is InChI=1S/C13H26N2O/c1-4-10(2)11(3)15-13(16)9-12-7-5-6-8-14-12/h10-12,14H,4-9H2,1-3H3,(H,15,16). The van der Waals surface area contributed by atoms with Gasteiger partial charge in [-0.1, -0.05) is 26.7 Å². The van der Waals surface area contributed by atoms with Crippen LogP contribution in [0.2, 0.25) is 0 Å². The topological polar surface area (TPSA) is 41.1 Å². The summed E-state index contributed by atoms with van der Waals surface area (Å²) in [6.45, 7) is 7.51. The molecule has 1 aliphatic rings. The van der Waals surface area contributed by atoms with E-state index in [1.807, 2.05) is 0 Å². The van der Waals surface area contributed by atoms with Crippen molar-refractivity contribution < 1.29 is 4.79 Å². The Hall–Kier alpha value is -0.570. The van der Waals surface area contributed by atoms with Gasteiger partial charge in [0.05, 0.1) is 0 Å². The third kappa shape index (κ3) is 4.52. The number of rotatable bonds is 5. The first-order chi connectivity index (χ1) is 7.63. The van der Waals surface area contributed by atoms with Gasteiger partial charge in [-0.15, -0.1) is 0 Å². The van der Waals surface area contributed by atoms with E-state index in [0.717, 1.165) is 19.4 Å².